The fourth-order valence-electron chi connectivity index (χ4n) is 2.40. The van der Waals surface area contributed by atoms with Crippen molar-refractivity contribution < 1.29 is 13.2 Å². The van der Waals surface area contributed by atoms with Crippen LogP contribution in [0.5, 0.6) is 0 Å². The molecule has 0 bridgehead atoms. The highest BCUT2D eigenvalue weighted by Gasteiger charge is 2.35. The summed E-state index contributed by atoms with van der Waals surface area (Å²) >= 11 is 0. The van der Waals surface area contributed by atoms with E-state index >= 15 is 0 Å². The lowest BCUT2D eigenvalue weighted by Gasteiger charge is -2.23. The normalized spacial score (nSPS) is 21.3. The van der Waals surface area contributed by atoms with Gasteiger partial charge in [0.2, 0.25) is 10.0 Å². The molecule has 0 saturated carbocycles. The number of benzene rings is 1. The van der Waals surface area contributed by atoms with E-state index in [1.807, 2.05) is 13.0 Å². The molecule has 100 valence electrons. The topological polar surface area (TPSA) is 46.6 Å². The Morgan fingerprint density at radius 3 is 2.89 bits per heavy atom. The molecule has 1 aliphatic heterocycles. The fourth-order valence-corrected chi connectivity index (χ4v) is 4.18. The Bertz CT molecular complexity index is 513. The van der Waals surface area contributed by atoms with Crippen molar-refractivity contribution in [3.05, 3.63) is 29.8 Å². The second kappa shape index (κ2) is 5.38. The molecule has 1 atom stereocenters. The standard InChI is InChI=1S/C13H19NO3S/c1-11-5-3-7-13(9-11)18(15,16)14-8-4-6-12(14)10-17-2/h3,5,7,9,12H,4,6,8,10H2,1-2H3. The minimum absolute atomic E-state index is 0.0273. The van der Waals surface area contributed by atoms with E-state index in [9.17, 15) is 8.42 Å². The molecule has 2 rings (SSSR count). The van der Waals surface area contributed by atoms with Gasteiger partial charge < -0.3 is 4.74 Å². The van der Waals surface area contributed by atoms with Crippen LogP contribution in [0.15, 0.2) is 29.2 Å². The van der Waals surface area contributed by atoms with Crippen LogP contribution in [-0.2, 0) is 14.8 Å². The average molecular weight is 269 g/mol. The van der Waals surface area contributed by atoms with E-state index in [0.29, 0.717) is 18.0 Å². The Morgan fingerprint density at radius 2 is 2.22 bits per heavy atom. The summed E-state index contributed by atoms with van der Waals surface area (Å²) in [6.45, 7) is 2.95. The summed E-state index contributed by atoms with van der Waals surface area (Å²) in [5.41, 5.74) is 0.957. The summed E-state index contributed by atoms with van der Waals surface area (Å²) in [5.74, 6) is 0. The molecule has 18 heavy (non-hydrogen) atoms. The number of aryl methyl sites for hydroxylation is 1. The van der Waals surface area contributed by atoms with Crippen molar-refractivity contribution in [2.45, 2.75) is 30.7 Å². The Hall–Kier alpha value is -0.910. The summed E-state index contributed by atoms with van der Waals surface area (Å²) in [6.07, 6.45) is 1.78. The average Bonchev–Trinajstić information content (AvgIpc) is 2.78. The van der Waals surface area contributed by atoms with Crippen LogP contribution < -0.4 is 0 Å². The minimum atomic E-state index is -3.38. The van der Waals surface area contributed by atoms with E-state index in [-0.39, 0.29) is 6.04 Å². The third-order valence-electron chi connectivity index (χ3n) is 3.28. The maximum Gasteiger partial charge on any atom is 0.243 e. The van der Waals surface area contributed by atoms with Gasteiger partial charge in [0.15, 0.2) is 0 Å². The maximum absolute atomic E-state index is 12.5. The van der Waals surface area contributed by atoms with Crippen LogP contribution in [0.2, 0.25) is 0 Å². The van der Waals surface area contributed by atoms with E-state index in [1.165, 1.54) is 0 Å². The highest BCUT2D eigenvalue weighted by atomic mass is 32.2. The lowest BCUT2D eigenvalue weighted by Crippen LogP contribution is -2.38. The van der Waals surface area contributed by atoms with E-state index in [0.717, 1.165) is 18.4 Å². The third kappa shape index (κ3) is 2.58. The fraction of sp³-hybridized carbons (Fsp3) is 0.538. The molecule has 0 aromatic heterocycles. The second-order valence-electron chi connectivity index (χ2n) is 4.68. The largest absolute Gasteiger partial charge is 0.383 e. The molecule has 1 unspecified atom stereocenters. The molecule has 1 heterocycles. The van der Waals surface area contributed by atoms with E-state index in [2.05, 4.69) is 0 Å². The van der Waals surface area contributed by atoms with Gasteiger partial charge >= 0.3 is 0 Å². The van der Waals surface area contributed by atoms with E-state index in [4.69, 9.17) is 4.74 Å². The number of methoxy groups -OCH3 is 1. The summed E-state index contributed by atoms with van der Waals surface area (Å²) in [4.78, 5) is 0.380. The molecule has 0 aliphatic carbocycles. The van der Waals surface area contributed by atoms with Crippen LogP contribution in [0.3, 0.4) is 0 Å². The van der Waals surface area contributed by atoms with Crippen molar-refractivity contribution in [3.8, 4) is 0 Å². The molecule has 1 aliphatic rings. The van der Waals surface area contributed by atoms with Gasteiger partial charge in [0.25, 0.3) is 0 Å². The molecular weight excluding hydrogens is 250 g/mol. The van der Waals surface area contributed by atoms with E-state index < -0.39 is 10.0 Å². The highest BCUT2D eigenvalue weighted by Crippen LogP contribution is 2.26. The third-order valence-corrected chi connectivity index (χ3v) is 5.23. The molecule has 1 saturated heterocycles. The van der Waals surface area contributed by atoms with Crippen LogP contribution in [0.25, 0.3) is 0 Å². The van der Waals surface area contributed by atoms with E-state index in [1.54, 1.807) is 29.6 Å². The summed E-state index contributed by atoms with van der Waals surface area (Å²) in [5, 5.41) is 0. The van der Waals surface area contributed by atoms with Crippen LogP contribution in [-0.4, -0.2) is 39.0 Å². The van der Waals surface area contributed by atoms with Crippen molar-refractivity contribution in [2.75, 3.05) is 20.3 Å². The molecule has 0 radical (unpaired) electrons. The first-order chi connectivity index (χ1) is 8.55. The predicted molar refractivity (Wildman–Crippen MR) is 70.0 cm³/mol. The van der Waals surface area contributed by atoms with Gasteiger partial charge in [-0.2, -0.15) is 4.31 Å². The first kappa shape index (κ1) is 13.5. The molecule has 5 heteroatoms. The van der Waals surface area contributed by atoms with Crippen molar-refractivity contribution in [1.29, 1.82) is 0 Å². The molecule has 1 fully saturated rings. The van der Waals surface area contributed by atoms with Gasteiger partial charge in [-0.3, -0.25) is 0 Å². The minimum Gasteiger partial charge on any atom is -0.383 e. The van der Waals surface area contributed by atoms with Gasteiger partial charge in [-0.05, 0) is 37.5 Å². The monoisotopic (exact) mass is 269 g/mol. The number of rotatable bonds is 4. The Labute approximate surface area is 109 Å². The summed E-state index contributed by atoms with van der Waals surface area (Å²) in [6, 6.07) is 7.03. The molecule has 0 spiro atoms. The quantitative estimate of drug-likeness (QED) is 0.837. The first-order valence-corrected chi connectivity index (χ1v) is 7.57. The second-order valence-corrected chi connectivity index (χ2v) is 6.57. The molecule has 0 N–H and O–H groups in total. The zero-order valence-electron chi connectivity index (χ0n) is 10.8. The molecule has 4 nitrogen and oxygen atoms in total. The lowest BCUT2D eigenvalue weighted by molar-refractivity contribution is 0.149. The number of nitrogens with zero attached hydrogens (tertiary/aromatic N) is 1. The lowest BCUT2D eigenvalue weighted by atomic mass is 10.2. The first-order valence-electron chi connectivity index (χ1n) is 6.13. The number of hydrogen-bond acceptors (Lipinski definition) is 3. The van der Waals surface area contributed by atoms with Gasteiger partial charge in [-0.1, -0.05) is 12.1 Å². The number of hydrogen-bond donors (Lipinski definition) is 0. The zero-order valence-corrected chi connectivity index (χ0v) is 11.6. The predicted octanol–water partition coefficient (Wildman–Crippen LogP) is 1.79. The van der Waals surface area contributed by atoms with Gasteiger partial charge in [0.05, 0.1) is 11.5 Å². The zero-order chi connectivity index (χ0) is 13.2. The summed E-state index contributed by atoms with van der Waals surface area (Å²) in [7, 11) is -1.77. The smallest absolute Gasteiger partial charge is 0.243 e. The summed E-state index contributed by atoms with van der Waals surface area (Å²) < 4.78 is 31.8. The Morgan fingerprint density at radius 1 is 1.44 bits per heavy atom. The molecular formula is C13H19NO3S. The van der Waals surface area contributed by atoms with Crippen molar-refractivity contribution in [3.63, 3.8) is 0 Å². The molecule has 0 amide bonds. The van der Waals surface area contributed by atoms with Crippen LogP contribution >= 0.6 is 0 Å². The molecule has 1 aromatic carbocycles. The van der Waals surface area contributed by atoms with Gasteiger partial charge in [-0.25, -0.2) is 8.42 Å². The number of ether oxygens (including phenoxy) is 1. The van der Waals surface area contributed by atoms with Crippen LogP contribution in [0.4, 0.5) is 0 Å². The van der Waals surface area contributed by atoms with Gasteiger partial charge in [-0.15, -0.1) is 0 Å². The Kier molecular flexibility index (Phi) is 4.04. The van der Waals surface area contributed by atoms with Crippen LogP contribution in [0, 0.1) is 6.92 Å². The number of sulfonamides is 1. The maximum atomic E-state index is 12.5. The molecule has 1 aromatic rings. The van der Waals surface area contributed by atoms with Crippen LogP contribution in [0.1, 0.15) is 18.4 Å². The van der Waals surface area contributed by atoms with Crippen molar-refractivity contribution in [1.82, 2.24) is 4.31 Å². The van der Waals surface area contributed by atoms with Gasteiger partial charge in [0, 0.05) is 19.7 Å². The Balaban J connectivity index is 2.30. The SMILES string of the molecule is COCC1CCCN1S(=O)(=O)c1cccc(C)c1. The van der Waals surface area contributed by atoms with Gasteiger partial charge in [0.1, 0.15) is 0 Å². The van der Waals surface area contributed by atoms with Crippen molar-refractivity contribution in [2.24, 2.45) is 0 Å². The highest BCUT2D eigenvalue weighted by molar-refractivity contribution is 7.89. The van der Waals surface area contributed by atoms with Crippen molar-refractivity contribution >= 4 is 10.0 Å².